The number of carbonyl (C=O) groups excluding carboxylic acids is 1. The molecule has 0 aliphatic heterocycles. The standard InChI is InChI=1S/C18H17N3O4/c1-24-15-6-7-17(25-2)16(9-15)20-11-12(10-19)18(23)21-13-4-3-5-14(22)8-13/h3-9,11,20,22H,1-2H3,(H,21,23)/b12-11-. The molecule has 0 bridgehead atoms. The van der Waals surface area contributed by atoms with Crippen LogP contribution in [0, 0.1) is 11.3 Å². The van der Waals surface area contributed by atoms with Crippen LogP contribution in [0.1, 0.15) is 0 Å². The van der Waals surface area contributed by atoms with E-state index in [0.29, 0.717) is 22.9 Å². The lowest BCUT2D eigenvalue weighted by Crippen LogP contribution is -2.14. The van der Waals surface area contributed by atoms with E-state index in [0.717, 1.165) is 0 Å². The highest BCUT2D eigenvalue weighted by Gasteiger charge is 2.11. The molecule has 2 aromatic rings. The zero-order valence-corrected chi connectivity index (χ0v) is 13.7. The monoisotopic (exact) mass is 339 g/mol. The molecule has 7 nitrogen and oxygen atoms in total. The van der Waals surface area contributed by atoms with E-state index in [4.69, 9.17) is 9.47 Å². The number of methoxy groups -OCH3 is 2. The first kappa shape index (κ1) is 17.7. The van der Waals surface area contributed by atoms with Gasteiger partial charge in [-0.3, -0.25) is 4.79 Å². The SMILES string of the molecule is COc1ccc(OC)c(N/C=C(/C#N)C(=O)Nc2cccc(O)c2)c1. The molecular weight excluding hydrogens is 322 g/mol. The van der Waals surface area contributed by atoms with Crippen LogP contribution in [0.25, 0.3) is 0 Å². The molecule has 2 rings (SSSR count). The molecule has 0 aliphatic rings. The molecule has 0 radical (unpaired) electrons. The van der Waals surface area contributed by atoms with E-state index in [2.05, 4.69) is 10.6 Å². The summed E-state index contributed by atoms with van der Waals surface area (Å²) in [5, 5.41) is 24.0. The topological polar surface area (TPSA) is 104 Å². The fraction of sp³-hybridized carbons (Fsp3) is 0.111. The van der Waals surface area contributed by atoms with Gasteiger partial charge in [0.05, 0.1) is 19.9 Å². The molecule has 0 saturated carbocycles. The summed E-state index contributed by atoms with van der Waals surface area (Å²) < 4.78 is 10.4. The van der Waals surface area contributed by atoms with Crippen molar-refractivity contribution in [1.82, 2.24) is 0 Å². The smallest absolute Gasteiger partial charge is 0.267 e. The Balaban J connectivity index is 2.17. The summed E-state index contributed by atoms with van der Waals surface area (Å²) in [4.78, 5) is 12.2. The molecular formula is C18H17N3O4. The number of carbonyl (C=O) groups is 1. The van der Waals surface area contributed by atoms with Gasteiger partial charge in [-0.2, -0.15) is 5.26 Å². The van der Waals surface area contributed by atoms with Gasteiger partial charge in [0, 0.05) is 24.0 Å². The van der Waals surface area contributed by atoms with E-state index in [-0.39, 0.29) is 11.3 Å². The zero-order valence-electron chi connectivity index (χ0n) is 13.7. The highest BCUT2D eigenvalue weighted by atomic mass is 16.5. The van der Waals surface area contributed by atoms with Gasteiger partial charge in [-0.1, -0.05) is 6.07 Å². The van der Waals surface area contributed by atoms with Gasteiger partial charge in [0.25, 0.3) is 5.91 Å². The van der Waals surface area contributed by atoms with Crippen molar-refractivity contribution in [2.75, 3.05) is 24.9 Å². The molecule has 1 amide bonds. The largest absolute Gasteiger partial charge is 0.508 e. The number of anilines is 2. The van der Waals surface area contributed by atoms with Gasteiger partial charge >= 0.3 is 0 Å². The van der Waals surface area contributed by atoms with Gasteiger partial charge in [0.1, 0.15) is 28.9 Å². The van der Waals surface area contributed by atoms with Gasteiger partial charge in [0.2, 0.25) is 0 Å². The number of hydrogen-bond donors (Lipinski definition) is 3. The molecule has 0 aliphatic carbocycles. The summed E-state index contributed by atoms with van der Waals surface area (Å²) in [6, 6.07) is 13.0. The Kier molecular flexibility index (Phi) is 5.85. The Morgan fingerprint density at radius 3 is 2.64 bits per heavy atom. The first-order valence-electron chi connectivity index (χ1n) is 7.26. The van der Waals surface area contributed by atoms with E-state index in [1.807, 2.05) is 6.07 Å². The minimum Gasteiger partial charge on any atom is -0.508 e. The van der Waals surface area contributed by atoms with Crippen molar-refractivity contribution in [3.63, 3.8) is 0 Å². The summed E-state index contributed by atoms with van der Waals surface area (Å²) in [5.41, 5.74) is 0.776. The molecule has 0 unspecified atom stereocenters. The molecule has 0 saturated heterocycles. The predicted octanol–water partition coefficient (Wildman–Crippen LogP) is 2.87. The summed E-state index contributed by atoms with van der Waals surface area (Å²) >= 11 is 0. The maximum atomic E-state index is 12.2. The molecule has 0 spiro atoms. The number of nitrogens with one attached hydrogen (secondary N) is 2. The van der Waals surface area contributed by atoms with E-state index in [9.17, 15) is 15.2 Å². The fourth-order valence-corrected chi connectivity index (χ4v) is 2.01. The lowest BCUT2D eigenvalue weighted by atomic mass is 10.2. The molecule has 2 aromatic carbocycles. The summed E-state index contributed by atoms with van der Waals surface area (Å²) in [6.45, 7) is 0. The predicted molar refractivity (Wildman–Crippen MR) is 93.6 cm³/mol. The molecule has 7 heteroatoms. The van der Waals surface area contributed by atoms with Crippen LogP contribution in [0.3, 0.4) is 0 Å². The maximum Gasteiger partial charge on any atom is 0.267 e. The average Bonchev–Trinajstić information content (AvgIpc) is 2.62. The number of nitrogens with zero attached hydrogens (tertiary/aromatic N) is 1. The average molecular weight is 339 g/mol. The number of amides is 1. The summed E-state index contributed by atoms with van der Waals surface area (Å²) in [6.07, 6.45) is 1.27. The first-order chi connectivity index (χ1) is 12.1. The van der Waals surface area contributed by atoms with Crippen molar-refractivity contribution in [3.8, 4) is 23.3 Å². The normalized spacial score (nSPS) is 10.5. The van der Waals surface area contributed by atoms with Crippen LogP contribution in [0.2, 0.25) is 0 Å². The third kappa shape index (κ3) is 4.65. The second kappa shape index (κ2) is 8.26. The Morgan fingerprint density at radius 1 is 1.20 bits per heavy atom. The van der Waals surface area contributed by atoms with Gasteiger partial charge in [0.15, 0.2) is 0 Å². The highest BCUT2D eigenvalue weighted by molar-refractivity contribution is 6.06. The number of rotatable bonds is 6. The summed E-state index contributed by atoms with van der Waals surface area (Å²) in [5.74, 6) is 0.532. The number of nitriles is 1. The molecule has 0 heterocycles. The number of hydrogen-bond acceptors (Lipinski definition) is 6. The Labute approximate surface area is 145 Å². The van der Waals surface area contributed by atoms with Crippen molar-refractivity contribution < 1.29 is 19.4 Å². The second-order valence-electron chi connectivity index (χ2n) is 4.88. The van der Waals surface area contributed by atoms with Gasteiger partial charge < -0.3 is 25.2 Å². The third-order valence-corrected chi connectivity index (χ3v) is 3.25. The lowest BCUT2D eigenvalue weighted by molar-refractivity contribution is -0.112. The minimum atomic E-state index is -0.609. The molecule has 128 valence electrons. The minimum absolute atomic E-state index is 0.0135. The number of phenolic OH excluding ortho intramolecular Hbond substituents is 1. The molecule has 0 aromatic heterocycles. The fourth-order valence-electron chi connectivity index (χ4n) is 2.01. The van der Waals surface area contributed by atoms with Crippen LogP contribution in [0.5, 0.6) is 17.2 Å². The van der Waals surface area contributed by atoms with Crippen molar-refractivity contribution in [2.24, 2.45) is 0 Å². The van der Waals surface area contributed by atoms with Crippen LogP contribution in [-0.4, -0.2) is 25.2 Å². The maximum absolute atomic E-state index is 12.2. The molecule has 25 heavy (non-hydrogen) atoms. The molecule has 3 N–H and O–H groups in total. The zero-order chi connectivity index (χ0) is 18.2. The van der Waals surface area contributed by atoms with E-state index in [1.54, 1.807) is 30.3 Å². The van der Waals surface area contributed by atoms with Crippen molar-refractivity contribution in [2.45, 2.75) is 0 Å². The number of phenols is 1. The van der Waals surface area contributed by atoms with Crippen LogP contribution in [0.15, 0.2) is 54.2 Å². The van der Waals surface area contributed by atoms with Gasteiger partial charge in [-0.25, -0.2) is 0 Å². The number of aromatic hydroxyl groups is 1. The van der Waals surface area contributed by atoms with Crippen LogP contribution >= 0.6 is 0 Å². The van der Waals surface area contributed by atoms with Crippen molar-refractivity contribution in [3.05, 3.63) is 54.2 Å². The van der Waals surface area contributed by atoms with Crippen molar-refractivity contribution in [1.29, 1.82) is 5.26 Å². The number of benzene rings is 2. The van der Waals surface area contributed by atoms with Crippen LogP contribution < -0.4 is 20.1 Å². The lowest BCUT2D eigenvalue weighted by Gasteiger charge is -2.10. The highest BCUT2D eigenvalue weighted by Crippen LogP contribution is 2.29. The Morgan fingerprint density at radius 2 is 2.00 bits per heavy atom. The third-order valence-electron chi connectivity index (χ3n) is 3.25. The van der Waals surface area contributed by atoms with Crippen molar-refractivity contribution >= 4 is 17.3 Å². The Bertz CT molecular complexity index is 840. The quantitative estimate of drug-likeness (QED) is 0.552. The number of ether oxygens (including phenoxy) is 2. The van der Waals surface area contributed by atoms with Crippen LogP contribution in [-0.2, 0) is 4.79 Å². The van der Waals surface area contributed by atoms with E-state index in [1.165, 1.54) is 32.6 Å². The second-order valence-corrected chi connectivity index (χ2v) is 4.88. The molecule has 0 atom stereocenters. The Hall–Kier alpha value is -3.66. The van der Waals surface area contributed by atoms with Crippen LogP contribution in [0.4, 0.5) is 11.4 Å². The van der Waals surface area contributed by atoms with E-state index < -0.39 is 5.91 Å². The van der Waals surface area contributed by atoms with E-state index >= 15 is 0 Å². The summed E-state index contributed by atoms with van der Waals surface area (Å²) in [7, 11) is 3.04. The van der Waals surface area contributed by atoms with Gasteiger partial charge in [-0.15, -0.1) is 0 Å². The molecule has 0 fully saturated rings. The first-order valence-corrected chi connectivity index (χ1v) is 7.26. The van der Waals surface area contributed by atoms with Gasteiger partial charge in [-0.05, 0) is 24.3 Å².